The summed E-state index contributed by atoms with van der Waals surface area (Å²) in [5.41, 5.74) is 0.508. The largest absolute Gasteiger partial charge is 0.479 e. The van der Waals surface area contributed by atoms with Gasteiger partial charge in [0.25, 0.3) is 0 Å². The van der Waals surface area contributed by atoms with Crippen molar-refractivity contribution < 1.29 is 31.9 Å². The fraction of sp³-hybridized carbons (Fsp3) is 0.333. The summed E-state index contributed by atoms with van der Waals surface area (Å²) in [5, 5.41) is 11.4. The molecule has 2 unspecified atom stereocenters. The zero-order valence-corrected chi connectivity index (χ0v) is 11.3. The summed E-state index contributed by atoms with van der Waals surface area (Å²) >= 11 is 1.16. The molecule has 2 atom stereocenters. The van der Waals surface area contributed by atoms with E-state index in [4.69, 9.17) is 4.55 Å². The first kappa shape index (κ1) is 13.3. The molecule has 0 radical (unpaired) electrons. The molecule has 9 nitrogen and oxygen atoms in total. The highest BCUT2D eigenvalue weighted by Crippen LogP contribution is 2.46. The molecule has 1 aromatic heterocycles. The SMILES string of the molecule is O=C(O)C1c2sccc2C2CN1C(=O)N2OS(=O)(=O)O. The van der Waals surface area contributed by atoms with Gasteiger partial charge in [0.15, 0.2) is 6.04 Å². The highest BCUT2D eigenvalue weighted by atomic mass is 32.3. The van der Waals surface area contributed by atoms with Crippen LogP contribution in [0.1, 0.15) is 22.5 Å². The van der Waals surface area contributed by atoms with Crippen molar-refractivity contribution in [1.82, 2.24) is 9.96 Å². The Bertz CT molecular complexity index is 697. The minimum Gasteiger partial charge on any atom is -0.479 e. The standard InChI is InChI=1S/C9H8N2O7S2/c12-8(13)6-7-4(1-2-19-7)5-3-10(6)9(14)11(5)18-20(15,16)17/h1-2,5-6H,3H2,(H,12,13)(H,15,16,17). The van der Waals surface area contributed by atoms with Gasteiger partial charge in [-0.2, -0.15) is 13.5 Å². The second kappa shape index (κ2) is 4.15. The van der Waals surface area contributed by atoms with Crippen molar-refractivity contribution in [2.75, 3.05) is 6.54 Å². The maximum atomic E-state index is 12.0. The topological polar surface area (TPSA) is 124 Å². The number of rotatable bonds is 3. The van der Waals surface area contributed by atoms with Gasteiger partial charge in [0.05, 0.1) is 6.54 Å². The lowest BCUT2D eigenvalue weighted by Crippen LogP contribution is -2.38. The molecule has 108 valence electrons. The van der Waals surface area contributed by atoms with Crippen LogP contribution in [0.25, 0.3) is 0 Å². The number of urea groups is 1. The number of aliphatic carboxylic acids is 1. The van der Waals surface area contributed by atoms with Crippen LogP contribution in [0.2, 0.25) is 0 Å². The normalized spacial score (nSPS) is 24.9. The summed E-state index contributed by atoms with van der Waals surface area (Å²) in [7, 11) is -4.87. The third-order valence-electron chi connectivity index (χ3n) is 3.14. The molecule has 2 N–H and O–H groups in total. The molecule has 20 heavy (non-hydrogen) atoms. The highest BCUT2D eigenvalue weighted by molar-refractivity contribution is 7.80. The lowest BCUT2D eigenvalue weighted by molar-refractivity contribution is -0.142. The van der Waals surface area contributed by atoms with E-state index in [1.54, 1.807) is 11.4 Å². The van der Waals surface area contributed by atoms with Crippen LogP contribution in [0.5, 0.6) is 0 Å². The molecular formula is C9H8N2O7S2. The number of amides is 2. The number of hydroxylamine groups is 2. The average Bonchev–Trinajstić information content (AvgIpc) is 2.88. The summed E-state index contributed by atoms with van der Waals surface area (Å²) < 4.78 is 34.6. The van der Waals surface area contributed by atoms with Gasteiger partial charge in [-0.15, -0.1) is 15.6 Å². The van der Waals surface area contributed by atoms with Crippen LogP contribution in [0.3, 0.4) is 0 Å². The first-order chi connectivity index (χ1) is 9.29. The average molecular weight is 320 g/mol. The fourth-order valence-electron chi connectivity index (χ4n) is 2.44. The lowest BCUT2D eigenvalue weighted by atomic mass is 10.00. The Balaban J connectivity index is 2.07. The van der Waals surface area contributed by atoms with Crippen molar-refractivity contribution >= 4 is 33.7 Å². The molecule has 3 heterocycles. The molecular weight excluding hydrogens is 312 g/mol. The number of nitrogens with zero attached hydrogens (tertiary/aromatic N) is 2. The molecule has 0 aromatic carbocycles. The summed E-state index contributed by atoms with van der Waals surface area (Å²) in [5.74, 6) is -1.21. The predicted octanol–water partition coefficient (Wildman–Crippen LogP) is 0.401. The third-order valence-corrected chi connectivity index (χ3v) is 4.48. The molecule has 1 saturated heterocycles. The van der Waals surface area contributed by atoms with Crippen molar-refractivity contribution in [2.24, 2.45) is 0 Å². The van der Waals surface area contributed by atoms with Crippen molar-refractivity contribution in [1.29, 1.82) is 0 Å². The van der Waals surface area contributed by atoms with Crippen LogP contribution in [-0.2, 0) is 19.5 Å². The van der Waals surface area contributed by atoms with Crippen LogP contribution >= 0.6 is 11.3 Å². The van der Waals surface area contributed by atoms with Gasteiger partial charge in [-0.3, -0.25) is 4.55 Å². The smallest absolute Gasteiger partial charge is 0.418 e. The maximum Gasteiger partial charge on any atom is 0.418 e. The molecule has 1 fully saturated rings. The zero-order valence-electron chi connectivity index (χ0n) is 9.66. The third kappa shape index (κ3) is 1.86. The Labute approximate surface area is 116 Å². The van der Waals surface area contributed by atoms with E-state index in [2.05, 4.69) is 4.28 Å². The van der Waals surface area contributed by atoms with Gasteiger partial charge in [0, 0.05) is 4.88 Å². The molecule has 2 aliphatic heterocycles. The lowest BCUT2D eigenvalue weighted by Gasteiger charge is -2.27. The quantitative estimate of drug-likeness (QED) is 0.772. The van der Waals surface area contributed by atoms with Gasteiger partial charge in [0.1, 0.15) is 6.04 Å². The monoisotopic (exact) mass is 320 g/mol. The van der Waals surface area contributed by atoms with Crippen LogP contribution in [0.15, 0.2) is 11.4 Å². The number of carbonyl (C=O) groups is 2. The Morgan fingerprint density at radius 2 is 2.20 bits per heavy atom. The van der Waals surface area contributed by atoms with E-state index in [0.29, 0.717) is 15.5 Å². The zero-order chi connectivity index (χ0) is 14.7. The van der Waals surface area contributed by atoms with Gasteiger partial charge < -0.3 is 10.0 Å². The minimum absolute atomic E-state index is 0.0188. The van der Waals surface area contributed by atoms with Crippen LogP contribution < -0.4 is 0 Å². The van der Waals surface area contributed by atoms with Gasteiger partial charge in [-0.25, -0.2) is 9.59 Å². The van der Waals surface area contributed by atoms with Gasteiger partial charge in [-0.1, -0.05) is 0 Å². The molecule has 11 heteroatoms. The highest BCUT2D eigenvalue weighted by Gasteiger charge is 2.52. The Hall–Kier alpha value is -1.69. The molecule has 1 aromatic rings. The number of hydrogen-bond acceptors (Lipinski definition) is 6. The molecule has 0 saturated carbocycles. The Kier molecular flexibility index (Phi) is 2.76. The number of carboxylic acids is 1. The molecule has 2 aliphatic rings. The van der Waals surface area contributed by atoms with E-state index >= 15 is 0 Å². The summed E-state index contributed by atoms with van der Waals surface area (Å²) in [6, 6.07) is -1.25. The predicted molar refractivity (Wildman–Crippen MR) is 64.0 cm³/mol. The summed E-state index contributed by atoms with van der Waals surface area (Å²) in [6.45, 7) is -0.0188. The minimum atomic E-state index is -4.87. The second-order valence-corrected chi connectivity index (χ2v) is 6.21. The van der Waals surface area contributed by atoms with Crippen molar-refractivity contribution in [3.8, 4) is 0 Å². The number of fused-ring (bicyclic) bond motifs is 4. The van der Waals surface area contributed by atoms with E-state index in [9.17, 15) is 23.1 Å². The molecule has 0 spiro atoms. The maximum absolute atomic E-state index is 12.0. The van der Waals surface area contributed by atoms with Crippen LogP contribution in [0.4, 0.5) is 4.79 Å². The molecule has 2 bridgehead atoms. The van der Waals surface area contributed by atoms with Gasteiger partial charge in [0.2, 0.25) is 0 Å². The van der Waals surface area contributed by atoms with Crippen molar-refractivity contribution in [2.45, 2.75) is 12.1 Å². The number of carbonyl (C=O) groups excluding carboxylic acids is 1. The van der Waals surface area contributed by atoms with Gasteiger partial charge in [-0.05, 0) is 17.0 Å². The first-order valence-corrected chi connectivity index (χ1v) is 7.61. The van der Waals surface area contributed by atoms with Gasteiger partial charge >= 0.3 is 22.4 Å². The van der Waals surface area contributed by atoms with Crippen LogP contribution in [-0.4, -0.2) is 46.6 Å². The van der Waals surface area contributed by atoms with E-state index in [1.165, 1.54) is 0 Å². The van der Waals surface area contributed by atoms with E-state index in [0.717, 1.165) is 16.2 Å². The molecule has 0 aliphatic carbocycles. The van der Waals surface area contributed by atoms with E-state index in [-0.39, 0.29) is 6.54 Å². The van der Waals surface area contributed by atoms with Crippen LogP contribution in [0, 0.1) is 0 Å². The number of hydrogen-bond donors (Lipinski definition) is 2. The Morgan fingerprint density at radius 3 is 2.80 bits per heavy atom. The first-order valence-electron chi connectivity index (χ1n) is 5.36. The number of carboxylic acid groups (broad SMARTS) is 1. The van der Waals surface area contributed by atoms with Crippen molar-refractivity contribution in [3.05, 3.63) is 21.9 Å². The summed E-state index contributed by atoms with van der Waals surface area (Å²) in [6.07, 6.45) is 0. The summed E-state index contributed by atoms with van der Waals surface area (Å²) in [4.78, 5) is 24.8. The Morgan fingerprint density at radius 1 is 1.50 bits per heavy atom. The molecule has 3 rings (SSSR count). The fourth-order valence-corrected chi connectivity index (χ4v) is 3.87. The number of thiophene rings is 1. The van der Waals surface area contributed by atoms with E-state index in [1.807, 2.05) is 0 Å². The molecule has 2 amide bonds. The van der Waals surface area contributed by atoms with E-state index < -0.39 is 34.5 Å². The second-order valence-electron chi connectivity index (χ2n) is 4.26. The van der Waals surface area contributed by atoms with Crippen molar-refractivity contribution in [3.63, 3.8) is 0 Å².